The summed E-state index contributed by atoms with van der Waals surface area (Å²) in [6.07, 6.45) is 3.25. The Morgan fingerprint density at radius 1 is 1.18 bits per heavy atom. The maximum absolute atomic E-state index is 6.04. The first-order chi connectivity index (χ1) is 13.8. The van der Waals surface area contributed by atoms with E-state index in [-0.39, 0.29) is 6.10 Å². The first kappa shape index (κ1) is 16.6. The summed E-state index contributed by atoms with van der Waals surface area (Å²) in [4.78, 5) is 8.49. The van der Waals surface area contributed by atoms with Crippen molar-refractivity contribution in [2.24, 2.45) is 0 Å². The molecular weight excluding hydrogens is 360 g/mol. The van der Waals surface area contributed by atoms with Gasteiger partial charge in [-0.1, -0.05) is 22.5 Å². The third-order valence-electron chi connectivity index (χ3n) is 4.63. The standard InChI is InChI=1S/C19H16N6O3/c1-26-14-6-4-12(5-7-14)16-10-25-15(11-27-16)17(22-24-25)18-21-19(28-23-18)13-3-2-8-20-9-13/h2-9,16H,10-11H2,1H3/t16-/m0/s1. The van der Waals surface area contributed by atoms with Gasteiger partial charge in [-0.05, 0) is 29.8 Å². The van der Waals surface area contributed by atoms with Gasteiger partial charge in [0.15, 0.2) is 5.69 Å². The number of ether oxygens (including phenoxy) is 2. The number of rotatable bonds is 4. The number of aromatic nitrogens is 6. The fourth-order valence-electron chi connectivity index (χ4n) is 3.13. The first-order valence-electron chi connectivity index (χ1n) is 8.74. The summed E-state index contributed by atoms with van der Waals surface area (Å²) in [5.74, 6) is 1.58. The van der Waals surface area contributed by atoms with Gasteiger partial charge in [0.25, 0.3) is 5.89 Å². The molecule has 1 atom stereocenters. The van der Waals surface area contributed by atoms with Gasteiger partial charge in [0, 0.05) is 12.4 Å². The maximum Gasteiger partial charge on any atom is 0.259 e. The average molecular weight is 376 g/mol. The normalized spacial score (nSPS) is 16.0. The van der Waals surface area contributed by atoms with Crippen LogP contribution in [0.4, 0.5) is 0 Å². The highest BCUT2D eigenvalue weighted by Crippen LogP contribution is 2.31. The molecule has 0 unspecified atom stereocenters. The fraction of sp³-hybridized carbons (Fsp3) is 0.211. The number of fused-ring (bicyclic) bond motifs is 1. The smallest absolute Gasteiger partial charge is 0.259 e. The Balaban J connectivity index is 1.39. The number of pyridine rings is 1. The highest BCUT2D eigenvalue weighted by molar-refractivity contribution is 5.57. The van der Waals surface area contributed by atoms with E-state index in [0.717, 1.165) is 22.6 Å². The number of hydrogen-bond donors (Lipinski definition) is 0. The summed E-state index contributed by atoms with van der Waals surface area (Å²) >= 11 is 0. The van der Waals surface area contributed by atoms with Crippen molar-refractivity contribution in [3.8, 4) is 28.7 Å². The lowest BCUT2D eigenvalue weighted by molar-refractivity contribution is -0.00114. The zero-order valence-corrected chi connectivity index (χ0v) is 15.0. The van der Waals surface area contributed by atoms with Crippen LogP contribution in [0.15, 0.2) is 53.3 Å². The molecule has 0 N–H and O–H groups in total. The number of nitrogens with zero attached hydrogens (tertiary/aromatic N) is 6. The monoisotopic (exact) mass is 376 g/mol. The van der Waals surface area contributed by atoms with E-state index in [0.29, 0.717) is 30.6 Å². The third kappa shape index (κ3) is 2.91. The van der Waals surface area contributed by atoms with Gasteiger partial charge >= 0.3 is 0 Å². The SMILES string of the molecule is COc1ccc([C@@H]2Cn3nnc(-c4noc(-c5cccnc5)n4)c3CO2)cc1. The molecule has 0 radical (unpaired) electrons. The van der Waals surface area contributed by atoms with Crippen molar-refractivity contribution in [1.29, 1.82) is 0 Å². The van der Waals surface area contributed by atoms with Crippen LogP contribution >= 0.6 is 0 Å². The van der Waals surface area contributed by atoms with Gasteiger partial charge in [0.2, 0.25) is 5.82 Å². The largest absolute Gasteiger partial charge is 0.497 e. The Morgan fingerprint density at radius 3 is 2.86 bits per heavy atom. The second-order valence-corrected chi connectivity index (χ2v) is 6.30. The van der Waals surface area contributed by atoms with E-state index in [2.05, 4.69) is 25.4 Å². The molecule has 4 aromatic rings. The summed E-state index contributed by atoms with van der Waals surface area (Å²) in [6.45, 7) is 0.914. The van der Waals surface area contributed by atoms with Crippen molar-refractivity contribution in [3.05, 3.63) is 60.0 Å². The van der Waals surface area contributed by atoms with Gasteiger partial charge in [-0.3, -0.25) is 4.98 Å². The van der Waals surface area contributed by atoms with Gasteiger partial charge in [0.05, 0.1) is 31.5 Å². The van der Waals surface area contributed by atoms with Crippen LogP contribution in [-0.2, 0) is 17.9 Å². The van der Waals surface area contributed by atoms with E-state index in [1.54, 1.807) is 19.5 Å². The Labute approximate surface area is 159 Å². The van der Waals surface area contributed by atoms with Crippen molar-refractivity contribution in [2.75, 3.05) is 7.11 Å². The van der Waals surface area contributed by atoms with E-state index < -0.39 is 0 Å². The predicted molar refractivity (Wildman–Crippen MR) is 97.1 cm³/mol. The van der Waals surface area contributed by atoms with Gasteiger partial charge in [-0.15, -0.1) is 5.10 Å². The quantitative estimate of drug-likeness (QED) is 0.536. The molecule has 1 aromatic carbocycles. The Morgan fingerprint density at radius 2 is 2.07 bits per heavy atom. The zero-order chi connectivity index (χ0) is 18.9. The molecule has 3 aromatic heterocycles. The highest BCUT2D eigenvalue weighted by atomic mass is 16.5. The molecule has 0 aliphatic carbocycles. The van der Waals surface area contributed by atoms with Gasteiger partial charge in [-0.25, -0.2) is 4.68 Å². The number of benzene rings is 1. The summed E-state index contributed by atoms with van der Waals surface area (Å²) < 4.78 is 18.4. The van der Waals surface area contributed by atoms with Crippen LogP contribution in [0.2, 0.25) is 0 Å². The molecule has 0 fully saturated rings. The van der Waals surface area contributed by atoms with Crippen molar-refractivity contribution >= 4 is 0 Å². The molecule has 4 heterocycles. The molecule has 0 saturated heterocycles. The first-order valence-corrected chi connectivity index (χ1v) is 8.74. The van der Waals surface area contributed by atoms with Crippen molar-refractivity contribution in [2.45, 2.75) is 19.3 Å². The van der Waals surface area contributed by atoms with Crippen molar-refractivity contribution < 1.29 is 14.0 Å². The van der Waals surface area contributed by atoms with Crippen LogP contribution < -0.4 is 4.74 Å². The molecule has 28 heavy (non-hydrogen) atoms. The van der Waals surface area contributed by atoms with Crippen LogP contribution in [0.25, 0.3) is 23.0 Å². The summed E-state index contributed by atoms with van der Waals surface area (Å²) in [5.41, 5.74) is 3.19. The molecule has 0 amide bonds. The third-order valence-corrected chi connectivity index (χ3v) is 4.63. The lowest BCUT2D eigenvalue weighted by atomic mass is 10.1. The molecule has 0 spiro atoms. The molecule has 1 aliphatic heterocycles. The minimum atomic E-state index is -0.107. The second-order valence-electron chi connectivity index (χ2n) is 6.30. The Bertz CT molecular complexity index is 1090. The Kier molecular flexibility index (Phi) is 4.06. The average Bonchev–Trinajstić information content (AvgIpc) is 3.41. The second kappa shape index (κ2) is 6.86. The minimum absolute atomic E-state index is 0.107. The fourth-order valence-corrected chi connectivity index (χ4v) is 3.13. The molecule has 1 aliphatic rings. The van der Waals surface area contributed by atoms with E-state index in [1.165, 1.54) is 0 Å². The van der Waals surface area contributed by atoms with Crippen LogP contribution in [0.5, 0.6) is 5.75 Å². The van der Waals surface area contributed by atoms with E-state index in [4.69, 9.17) is 14.0 Å². The molecule has 9 nitrogen and oxygen atoms in total. The molecule has 0 bridgehead atoms. The maximum atomic E-state index is 6.04. The molecule has 9 heteroatoms. The van der Waals surface area contributed by atoms with Gasteiger partial charge in [-0.2, -0.15) is 4.98 Å². The summed E-state index contributed by atoms with van der Waals surface area (Å²) in [5, 5.41) is 12.5. The minimum Gasteiger partial charge on any atom is -0.497 e. The number of hydrogen-bond acceptors (Lipinski definition) is 8. The van der Waals surface area contributed by atoms with E-state index in [9.17, 15) is 0 Å². The van der Waals surface area contributed by atoms with Crippen molar-refractivity contribution in [1.82, 2.24) is 30.1 Å². The van der Waals surface area contributed by atoms with E-state index in [1.807, 2.05) is 41.1 Å². The molecule has 0 saturated carbocycles. The lowest BCUT2D eigenvalue weighted by Gasteiger charge is -2.24. The highest BCUT2D eigenvalue weighted by Gasteiger charge is 2.27. The number of methoxy groups -OCH3 is 1. The van der Waals surface area contributed by atoms with E-state index >= 15 is 0 Å². The van der Waals surface area contributed by atoms with Gasteiger partial charge in [0.1, 0.15) is 11.9 Å². The lowest BCUT2D eigenvalue weighted by Crippen LogP contribution is -2.22. The Hall–Kier alpha value is -3.59. The van der Waals surface area contributed by atoms with Crippen LogP contribution in [0, 0.1) is 0 Å². The summed E-state index contributed by atoms with van der Waals surface area (Å²) in [6, 6.07) is 11.5. The predicted octanol–water partition coefficient (Wildman–Crippen LogP) is 2.67. The van der Waals surface area contributed by atoms with Crippen LogP contribution in [0.3, 0.4) is 0 Å². The zero-order valence-electron chi connectivity index (χ0n) is 15.0. The molecule has 5 rings (SSSR count). The van der Waals surface area contributed by atoms with Crippen molar-refractivity contribution in [3.63, 3.8) is 0 Å². The molecular formula is C19H16N6O3. The topological polar surface area (TPSA) is 101 Å². The van der Waals surface area contributed by atoms with Crippen LogP contribution in [-0.4, -0.2) is 37.2 Å². The van der Waals surface area contributed by atoms with Crippen LogP contribution in [0.1, 0.15) is 17.4 Å². The molecule has 140 valence electrons. The summed E-state index contributed by atoms with van der Waals surface area (Å²) in [7, 11) is 1.65. The van der Waals surface area contributed by atoms with Gasteiger partial charge < -0.3 is 14.0 Å².